The van der Waals surface area contributed by atoms with E-state index in [1.807, 2.05) is 97.9 Å². The van der Waals surface area contributed by atoms with E-state index in [-0.39, 0.29) is 11.8 Å². The third kappa shape index (κ3) is 3.56. The topological polar surface area (TPSA) is 53.1 Å². The van der Waals surface area contributed by atoms with Crippen molar-refractivity contribution in [3.63, 3.8) is 0 Å². The van der Waals surface area contributed by atoms with E-state index in [1.165, 1.54) is 4.90 Å². The molecule has 6 nitrogen and oxygen atoms in total. The first kappa shape index (κ1) is 21.2. The van der Waals surface area contributed by atoms with Crippen LogP contribution >= 0.6 is 0 Å². The number of fused-ring (bicyclic) bond motifs is 1. The molecule has 2 fully saturated rings. The number of hydrogen-bond donors (Lipinski definition) is 0. The van der Waals surface area contributed by atoms with Gasteiger partial charge in [0.1, 0.15) is 5.92 Å². The first-order valence-electron chi connectivity index (χ1n) is 11.2. The number of amides is 2. The van der Waals surface area contributed by atoms with Crippen molar-refractivity contribution < 1.29 is 14.4 Å². The molecule has 2 heterocycles. The summed E-state index contributed by atoms with van der Waals surface area (Å²) in [6, 6.07) is 24.9. The van der Waals surface area contributed by atoms with Crippen molar-refractivity contribution in [2.75, 3.05) is 29.0 Å². The number of para-hydroxylation sites is 1. The van der Waals surface area contributed by atoms with Crippen molar-refractivity contribution in [2.45, 2.75) is 25.5 Å². The van der Waals surface area contributed by atoms with Crippen LogP contribution in [0.25, 0.3) is 0 Å². The lowest BCUT2D eigenvalue weighted by Crippen LogP contribution is -2.37. The Morgan fingerprint density at radius 1 is 0.818 bits per heavy atom. The predicted octanol–water partition coefficient (Wildman–Crippen LogP) is 4.37. The minimum absolute atomic E-state index is 0.227. The number of imide groups is 1. The van der Waals surface area contributed by atoms with Gasteiger partial charge in [-0.1, -0.05) is 49.4 Å². The van der Waals surface area contributed by atoms with Crippen molar-refractivity contribution in [1.29, 1.82) is 0 Å². The molecule has 0 saturated carbocycles. The van der Waals surface area contributed by atoms with Crippen LogP contribution in [0.2, 0.25) is 0 Å². The highest BCUT2D eigenvalue weighted by Crippen LogP contribution is 2.47. The van der Waals surface area contributed by atoms with Gasteiger partial charge in [-0.2, -0.15) is 0 Å². The molecule has 0 aliphatic carbocycles. The highest BCUT2D eigenvalue weighted by molar-refractivity contribution is 6.23. The van der Waals surface area contributed by atoms with E-state index < -0.39 is 18.1 Å². The summed E-state index contributed by atoms with van der Waals surface area (Å²) in [5.74, 6) is -1.18. The molecule has 2 saturated heterocycles. The van der Waals surface area contributed by atoms with Gasteiger partial charge in [-0.05, 0) is 53.9 Å². The minimum Gasteiger partial charge on any atom is -0.378 e. The Kier molecular flexibility index (Phi) is 5.38. The number of aryl methyl sites for hydroxylation is 1. The highest BCUT2D eigenvalue weighted by atomic mass is 16.7. The standard InChI is InChI=1S/C27H27N3O3/c1-4-18-10-14-21(15-11-18)29-26(31)23-24(19-12-16-20(17-13-19)28(2)3)30(33-25(23)27(29)32)22-8-6-5-7-9-22/h5-17,23-25H,4H2,1-3H3/t23-,24-,25-/m1/s1. The number of rotatable bonds is 5. The number of nitrogens with zero attached hydrogens (tertiary/aromatic N) is 3. The van der Waals surface area contributed by atoms with Crippen LogP contribution in [0.5, 0.6) is 0 Å². The van der Waals surface area contributed by atoms with Crippen molar-refractivity contribution >= 4 is 28.9 Å². The van der Waals surface area contributed by atoms with E-state index in [0.29, 0.717) is 5.69 Å². The zero-order chi connectivity index (χ0) is 23.1. The smallest absolute Gasteiger partial charge is 0.266 e. The summed E-state index contributed by atoms with van der Waals surface area (Å²) < 4.78 is 0. The van der Waals surface area contributed by atoms with E-state index >= 15 is 0 Å². The molecule has 0 unspecified atom stereocenters. The molecule has 0 spiro atoms. The van der Waals surface area contributed by atoms with Crippen molar-refractivity contribution in [2.24, 2.45) is 5.92 Å². The van der Waals surface area contributed by atoms with Gasteiger partial charge in [-0.15, -0.1) is 0 Å². The number of anilines is 3. The third-order valence-corrected chi connectivity index (χ3v) is 6.48. The SMILES string of the molecule is CCc1ccc(N2C(=O)[C@@H]3[C@@H](c4ccc(N(C)C)cc4)N(c4ccccc4)O[C@H]3C2=O)cc1. The molecule has 3 aromatic rings. The van der Waals surface area contributed by atoms with E-state index in [9.17, 15) is 9.59 Å². The lowest BCUT2D eigenvalue weighted by Gasteiger charge is -2.29. The summed E-state index contributed by atoms with van der Waals surface area (Å²) in [6.07, 6.45) is 0.0372. The monoisotopic (exact) mass is 441 g/mol. The molecule has 5 rings (SSSR count). The van der Waals surface area contributed by atoms with Gasteiger partial charge in [0.05, 0.1) is 17.4 Å². The first-order valence-corrected chi connectivity index (χ1v) is 11.2. The molecule has 6 heteroatoms. The summed E-state index contributed by atoms with van der Waals surface area (Å²) in [7, 11) is 3.97. The van der Waals surface area contributed by atoms with Gasteiger partial charge in [0.15, 0.2) is 6.10 Å². The highest BCUT2D eigenvalue weighted by Gasteiger charge is 2.60. The van der Waals surface area contributed by atoms with E-state index in [1.54, 1.807) is 5.06 Å². The number of carbonyl (C=O) groups is 2. The first-order chi connectivity index (χ1) is 16.0. The van der Waals surface area contributed by atoms with Gasteiger partial charge in [0.25, 0.3) is 5.91 Å². The second kappa shape index (κ2) is 8.37. The quantitative estimate of drug-likeness (QED) is 0.551. The molecule has 3 aromatic carbocycles. The Bertz CT molecular complexity index is 1160. The molecule has 0 bridgehead atoms. The Labute approximate surface area is 193 Å². The van der Waals surface area contributed by atoms with Gasteiger partial charge >= 0.3 is 0 Å². The largest absolute Gasteiger partial charge is 0.378 e. The number of hydroxylamine groups is 1. The molecule has 3 atom stereocenters. The molecule has 33 heavy (non-hydrogen) atoms. The fourth-order valence-corrected chi connectivity index (χ4v) is 4.66. The second-order valence-electron chi connectivity index (χ2n) is 8.68. The van der Waals surface area contributed by atoms with Crippen LogP contribution in [0.4, 0.5) is 17.1 Å². The van der Waals surface area contributed by atoms with Crippen LogP contribution in [0.3, 0.4) is 0 Å². The van der Waals surface area contributed by atoms with Gasteiger partial charge in [0.2, 0.25) is 5.91 Å². The van der Waals surface area contributed by atoms with Gasteiger partial charge in [-0.25, -0.2) is 9.96 Å². The van der Waals surface area contributed by atoms with Crippen LogP contribution in [-0.2, 0) is 20.8 Å². The fraction of sp³-hybridized carbons (Fsp3) is 0.259. The van der Waals surface area contributed by atoms with Gasteiger partial charge < -0.3 is 4.90 Å². The summed E-state index contributed by atoms with van der Waals surface area (Å²) in [6.45, 7) is 2.07. The van der Waals surface area contributed by atoms with Crippen LogP contribution in [0.1, 0.15) is 24.1 Å². The van der Waals surface area contributed by atoms with Crippen molar-refractivity contribution in [3.05, 3.63) is 90.0 Å². The zero-order valence-corrected chi connectivity index (χ0v) is 19.0. The lowest BCUT2D eigenvalue weighted by molar-refractivity contribution is -0.126. The number of hydrogen-bond acceptors (Lipinski definition) is 5. The predicted molar refractivity (Wildman–Crippen MR) is 129 cm³/mol. The van der Waals surface area contributed by atoms with E-state index in [2.05, 4.69) is 6.92 Å². The van der Waals surface area contributed by atoms with Crippen molar-refractivity contribution in [3.8, 4) is 0 Å². The van der Waals surface area contributed by atoms with Gasteiger partial charge in [-0.3, -0.25) is 14.4 Å². The van der Waals surface area contributed by atoms with Crippen LogP contribution < -0.4 is 14.9 Å². The molecular weight excluding hydrogens is 414 g/mol. The molecular formula is C27H27N3O3. The maximum atomic E-state index is 13.7. The molecule has 168 valence electrons. The Morgan fingerprint density at radius 2 is 1.48 bits per heavy atom. The van der Waals surface area contributed by atoms with Crippen molar-refractivity contribution in [1.82, 2.24) is 0 Å². The van der Waals surface area contributed by atoms with Gasteiger partial charge in [0, 0.05) is 19.8 Å². The number of benzene rings is 3. The second-order valence-corrected chi connectivity index (χ2v) is 8.68. The summed E-state index contributed by atoms with van der Waals surface area (Å²) in [5.41, 5.74) is 4.55. The van der Waals surface area contributed by atoms with E-state index in [4.69, 9.17) is 4.84 Å². The van der Waals surface area contributed by atoms with Crippen LogP contribution in [-0.4, -0.2) is 32.0 Å². The maximum Gasteiger partial charge on any atom is 0.266 e. The lowest BCUT2D eigenvalue weighted by atomic mass is 9.90. The summed E-state index contributed by atoms with van der Waals surface area (Å²) in [5, 5.41) is 1.73. The molecule has 0 N–H and O–H groups in total. The Balaban J connectivity index is 1.55. The van der Waals surface area contributed by atoms with Crippen LogP contribution in [0.15, 0.2) is 78.9 Å². The molecule has 2 amide bonds. The zero-order valence-electron chi connectivity index (χ0n) is 19.0. The molecule has 2 aliphatic rings. The van der Waals surface area contributed by atoms with Crippen LogP contribution in [0, 0.1) is 5.92 Å². The summed E-state index contributed by atoms with van der Waals surface area (Å²) >= 11 is 0. The molecule has 0 radical (unpaired) electrons. The Morgan fingerprint density at radius 3 is 2.09 bits per heavy atom. The number of carbonyl (C=O) groups excluding carboxylic acids is 2. The summed E-state index contributed by atoms with van der Waals surface area (Å²) in [4.78, 5) is 36.6. The molecule has 2 aliphatic heterocycles. The Hall–Kier alpha value is -3.64. The van der Waals surface area contributed by atoms with E-state index in [0.717, 1.165) is 28.9 Å². The average Bonchev–Trinajstić information content (AvgIpc) is 3.36. The maximum absolute atomic E-state index is 13.7. The minimum atomic E-state index is -0.859. The average molecular weight is 442 g/mol. The molecule has 0 aromatic heterocycles. The fourth-order valence-electron chi connectivity index (χ4n) is 4.66. The normalized spacial score (nSPS) is 22.1. The third-order valence-electron chi connectivity index (χ3n) is 6.48.